The molecule has 1 fully saturated rings. The third-order valence-electron chi connectivity index (χ3n) is 3.53. The minimum Gasteiger partial charge on any atom is -0.483 e. The number of rotatable bonds is 4. The summed E-state index contributed by atoms with van der Waals surface area (Å²) in [6.45, 7) is 4.19. The van der Waals surface area contributed by atoms with Crippen LogP contribution < -0.4 is 10.2 Å². The molecule has 1 unspecified atom stereocenters. The Labute approximate surface area is 134 Å². The highest BCUT2D eigenvalue weighted by atomic mass is 79.9. The molecule has 0 radical (unpaired) electrons. The van der Waals surface area contributed by atoms with Gasteiger partial charge in [-0.3, -0.25) is 4.79 Å². The van der Waals surface area contributed by atoms with Crippen LogP contribution in [-0.4, -0.2) is 18.2 Å². The number of aryl methyl sites for hydroxylation is 1. The standard InChI is InChI=1S/C16H21BrN2O2/c1-11-4-3-5-13(8-11)18-19-16(20)10-21-15-7-6-12(2)9-14(15)17/h6-7,9,11H,3-5,8,10H2,1-2H3,(H,19,20)/b18-13+. The lowest BCUT2D eigenvalue weighted by Crippen LogP contribution is -2.27. The summed E-state index contributed by atoms with van der Waals surface area (Å²) in [5, 5.41) is 4.21. The number of halogens is 1. The summed E-state index contributed by atoms with van der Waals surface area (Å²) in [4.78, 5) is 11.8. The molecule has 1 aliphatic carbocycles. The molecule has 0 spiro atoms. The van der Waals surface area contributed by atoms with Gasteiger partial charge < -0.3 is 4.74 Å². The smallest absolute Gasteiger partial charge is 0.277 e. The Balaban J connectivity index is 1.80. The van der Waals surface area contributed by atoms with E-state index in [1.165, 1.54) is 6.42 Å². The van der Waals surface area contributed by atoms with Crippen molar-refractivity contribution in [3.63, 3.8) is 0 Å². The molecule has 5 heteroatoms. The van der Waals surface area contributed by atoms with Crippen molar-refractivity contribution in [1.82, 2.24) is 5.43 Å². The van der Waals surface area contributed by atoms with E-state index in [1.807, 2.05) is 25.1 Å². The van der Waals surface area contributed by atoms with Gasteiger partial charge in [0.15, 0.2) is 6.61 Å². The largest absolute Gasteiger partial charge is 0.483 e. The summed E-state index contributed by atoms with van der Waals surface area (Å²) in [6, 6.07) is 5.75. The number of nitrogens with zero attached hydrogens (tertiary/aromatic N) is 1. The van der Waals surface area contributed by atoms with Gasteiger partial charge in [-0.15, -0.1) is 0 Å². The van der Waals surface area contributed by atoms with Gasteiger partial charge in [-0.25, -0.2) is 5.43 Å². The third kappa shape index (κ3) is 5.16. The van der Waals surface area contributed by atoms with Crippen LogP contribution in [0.25, 0.3) is 0 Å². The van der Waals surface area contributed by atoms with Crippen LogP contribution in [0.2, 0.25) is 0 Å². The molecule has 1 N–H and O–H groups in total. The number of nitrogens with one attached hydrogen (secondary N) is 1. The molecular formula is C16H21BrN2O2. The zero-order valence-corrected chi connectivity index (χ0v) is 14.1. The fourth-order valence-electron chi connectivity index (χ4n) is 2.40. The van der Waals surface area contributed by atoms with Crippen LogP contribution >= 0.6 is 15.9 Å². The lowest BCUT2D eigenvalue weighted by Gasteiger charge is -2.18. The van der Waals surface area contributed by atoms with Crippen molar-refractivity contribution < 1.29 is 9.53 Å². The van der Waals surface area contributed by atoms with Gasteiger partial charge >= 0.3 is 0 Å². The van der Waals surface area contributed by atoms with E-state index >= 15 is 0 Å². The summed E-state index contributed by atoms with van der Waals surface area (Å²) in [6.07, 6.45) is 4.36. The van der Waals surface area contributed by atoms with E-state index in [2.05, 4.69) is 33.4 Å². The second-order valence-corrected chi connectivity index (χ2v) is 6.49. The van der Waals surface area contributed by atoms with E-state index in [9.17, 15) is 4.79 Å². The number of amides is 1. The van der Waals surface area contributed by atoms with Gasteiger partial charge in [0, 0.05) is 5.71 Å². The second-order valence-electron chi connectivity index (χ2n) is 5.64. The molecule has 0 aliphatic heterocycles. The lowest BCUT2D eigenvalue weighted by molar-refractivity contribution is -0.123. The SMILES string of the molecule is Cc1ccc(OCC(=O)N/N=C2\CCCC(C)C2)c(Br)c1. The zero-order chi connectivity index (χ0) is 15.2. The van der Waals surface area contributed by atoms with Crippen LogP contribution in [0.1, 0.15) is 38.2 Å². The molecule has 1 amide bonds. The molecule has 4 nitrogen and oxygen atoms in total. The molecule has 2 rings (SSSR count). The summed E-state index contributed by atoms with van der Waals surface area (Å²) >= 11 is 3.42. The first-order chi connectivity index (χ1) is 10.0. The Morgan fingerprint density at radius 1 is 1.52 bits per heavy atom. The van der Waals surface area contributed by atoms with Gasteiger partial charge in [0.05, 0.1) is 4.47 Å². The number of carbonyl (C=O) groups excluding carboxylic acids is 1. The van der Waals surface area contributed by atoms with Crippen molar-refractivity contribution in [3.05, 3.63) is 28.2 Å². The van der Waals surface area contributed by atoms with Crippen LogP contribution in [0, 0.1) is 12.8 Å². The minimum absolute atomic E-state index is 0.0337. The maximum Gasteiger partial charge on any atom is 0.277 e. The van der Waals surface area contributed by atoms with Gasteiger partial charge in [0.1, 0.15) is 5.75 Å². The van der Waals surface area contributed by atoms with Crippen molar-refractivity contribution in [1.29, 1.82) is 0 Å². The monoisotopic (exact) mass is 352 g/mol. The maximum absolute atomic E-state index is 11.8. The number of hydrogen-bond donors (Lipinski definition) is 1. The first-order valence-corrected chi connectivity index (χ1v) is 8.07. The molecule has 1 aromatic carbocycles. The van der Waals surface area contributed by atoms with Gasteiger partial charge in [-0.1, -0.05) is 13.0 Å². The van der Waals surface area contributed by atoms with Gasteiger partial charge in [0.2, 0.25) is 0 Å². The van der Waals surface area contributed by atoms with E-state index in [4.69, 9.17) is 4.74 Å². The maximum atomic E-state index is 11.8. The van der Waals surface area contributed by atoms with Crippen LogP contribution in [-0.2, 0) is 4.79 Å². The summed E-state index contributed by atoms with van der Waals surface area (Å²) in [7, 11) is 0. The molecular weight excluding hydrogens is 332 g/mol. The number of benzene rings is 1. The average Bonchev–Trinajstić information content (AvgIpc) is 2.44. The topological polar surface area (TPSA) is 50.7 Å². The molecule has 1 aliphatic rings. The van der Waals surface area contributed by atoms with E-state index in [1.54, 1.807) is 0 Å². The van der Waals surface area contributed by atoms with E-state index in [-0.39, 0.29) is 12.5 Å². The highest BCUT2D eigenvalue weighted by Gasteiger charge is 2.14. The normalized spacial score (nSPS) is 20.3. The highest BCUT2D eigenvalue weighted by molar-refractivity contribution is 9.10. The minimum atomic E-state index is -0.229. The lowest BCUT2D eigenvalue weighted by atomic mass is 9.89. The van der Waals surface area contributed by atoms with Crippen molar-refractivity contribution in [2.24, 2.45) is 11.0 Å². The molecule has 0 bridgehead atoms. The van der Waals surface area contributed by atoms with Crippen LogP contribution in [0.15, 0.2) is 27.8 Å². The molecule has 114 valence electrons. The highest BCUT2D eigenvalue weighted by Crippen LogP contribution is 2.25. The molecule has 0 saturated heterocycles. The molecule has 1 atom stereocenters. The summed E-state index contributed by atoms with van der Waals surface area (Å²) in [5.41, 5.74) is 4.80. The van der Waals surface area contributed by atoms with E-state index < -0.39 is 0 Å². The molecule has 21 heavy (non-hydrogen) atoms. The number of carbonyl (C=O) groups is 1. The summed E-state index contributed by atoms with van der Waals surface area (Å²) in [5.74, 6) is 1.09. The Morgan fingerprint density at radius 2 is 2.33 bits per heavy atom. The number of hydrazone groups is 1. The van der Waals surface area contributed by atoms with Crippen LogP contribution in [0.4, 0.5) is 0 Å². The predicted octanol–water partition coefficient (Wildman–Crippen LogP) is 3.82. The van der Waals surface area contributed by atoms with Crippen molar-refractivity contribution >= 4 is 27.5 Å². The van der Waals surface area contributed by atoms with Crippen molar-refractivity contribution in [2.45, 2.75) is 39.5 Å². The van der Waals surface area contributed by atoms with E-state index in [0.29, 0.717) is 11.7 Å². The molecule has 0 heterocycles. The Kier molecular flexibility index (Phi) is 5.79. The van der Waals surface area contributed by atoms with Gasteiger partial charge in [-0.2, -0.15) is 5.10 Å². The Bertz CT molecular complexity index is 543. The molecule has 1 aromatic rings. The first-order valence-electron chi connectivity index (χ1n) is 7.28. The second kappa shape index (κ2) is 7.59. The average molecular weight is 353 g/mol. The Morgan fingerprint density at radius 3 is 3.05 bits per heavy atom. The zero-order valence-electron chi connectivity index (χ0n) is 12.5. The van der Waals surface area contributed by atoms with Crippen molar-refractivity contribution in [2.75, 3.05) is 6.61 Å². The summed E-state index contributed by atoms with van der Waals surface area (Å²) < 4.78 is 6.34. The number of ether oxygens (including phenoxy) is 1. The predicted molar refractivity (Wildman–Crippen MR) is 87.6 cm³/mol. The fourth-order valence-corrected chi connectivity index (χ4v) is 3.01. The number of hydrogen-bond acceptors (Lipinski definition) is 3. The van der Waals surface area contributed by atoms with Crippen LogP contribution in [0.3, 0.4) is 0 Å². The molecule has 0 aromatic heterocycles. The fraction of sp³-hybridized carbons (Fsp3) is 0.500. The first kappa shape index (κ1) is 16.0. The van der Waals surface area contributed by atoms with Gasteiger partial charge in [0.25, 0.3) is 5.91 Å². The quantitative estimate of drug-likeness (QED) is 0.837. The molecule has 1 saturated carbocycles. The van der Waals surface area contributed by atoms with Crippen LogP contribution in [0.5, 0.6) is 5.75 Å². The van der Waals surface area contributed by atoms with E-state index in [0.717, 1.165) is 35.0 Å². The third-order valence-corrected chi connectivity index (χ3v) is 4.15. The van der Waals surface area contributed by atoms with Gasteiger partial charge in [-0.05, 0) is 72.2 Å². The van der Waals surface area contributed by atoms with Crippen molar-refractivity contribution in [3.8, 4) is 5.75 Å². The Hall–Kier alpha value is -1.36.